The van der Waals surface area contributed by atoms with E-state index in [-0.39, 0.29) is 6.10 Å². The Labute approximate surface area is 99.1 Å². The van der Waals surface area contributed by atoms with Crippen LogP contribution in [0, 0.1) is 11.5 Å². The maximum atomic E-state index is 10.3. The van der Waals surface area contributed by atoms with Crippen LogP contribution in [-0.2, 0) is 9.47 Å². The van der Waals surface area contributed by atoms with Crippen molar-refractivity contribution in [3.63, 3.8) is 0 Å². The molecule has 0 radical (unpaired) electrons. The molecular formula is C12H22O3Si. The topological polar surface area (TPSA) is 38.7 Å². The number of hydrogen-bond acceptors (Lipinski definition) is 3. The van der Waals surface area contributed by atoms with Crippen molar-refractivity contribution in [2.75, 3.05) is 6.61 Å². The Balaban J connectivity index is 2.75. The van der Waals surface area contributed by atoms with Gasteiger partial charge in [0.1, 0.15) is 19.8 Å². The second kappa shape index (κ2) is 4.15. The van der Waals surface area contributed by atoms with Gasteiger partial charge in [0.15, 0.2) is 5.79 Å². The lowest BCUT2D eigenvalue weighted by Gasteiger charge is -2.25. The SMILES string of the molecule is CC1(C)OC[C@H]([C@](C)(O)C#C[Si](C)(C)C)O1. The van der Waals surface area contributed by atoms with E-state index in [9.17, 15) is 5.11 Å². The molecule has 0 spiro atoms. The molecule has 1 heterocycles. The van der Waals surface area contributed by atoms with Gasteiger partial charge in [-0.2, -0.15) is 0 Å². The van der Waals surface area contributed by atoms with Gasteiger partial charge in [-0.05, 0) is 20.8 Å². The van der Waals surface area contributed by atoms with Gasteiger partial charge >= 0.3 is 0 Å². The normalized spacial score (nSPS) is 28.1. The molecule has 0 aromatic heterocycles. The molecule has 92 valence electrons. The first kappa shape index (κ1) is 13.7. The Bertz CT molecular complexity index is 317. The molecular weight excluding hydrogens is 220 g/mol. The summed E-state index contributed by atoms with van der Waals surface area (Å²) in [6.07, 6.45) is -0.369. The molecule has 0 aromatic rings. The van der Waals surface area contributed by atoms with E-state index in [4.69, 9.17) is 9.47 Å². The third kappa shape index (κ3) is 3.91. The highest BCUT2D eigenvalue weighted by molar-refractivity contribution is 6.83. The summed E-state index contributed by atoms with van der Waals surface area (Å²) >= 11 is 0. The van der Waals surface area contributed by atoms with Crippen LogP contribution >= 0.6 is 0 Å². The van der Waals surface area contributed by atoms with E-state index in [1.165, 1.54) is 0 Å². The van der Waals surface area contributed by atoms with Crippen molar-refractivity contribution in [2.24, 2.45) is 0 Å². The first-order valence-corrected chi connectivity index (χ1v) is 9.10. The molecule has 1 fully saturated rings. The van der Waals surface area contributed by atoms with Gasteiger partial charge in [-0.1, -0.05) is 25.6 Å². The summed E-state index contributed by atoms with van der Waals surface area (Å²) in [5.41, 5.74) is 2.04. The summed E-state index contributed by atoms with van der Waals surface area (Å²) in [6, 6.07) is 0. The van der Waals surface area contributed by atoms with Gasteiger partial charge in [-0.3, -0.25) is 0 Å². The summed E-state index contributed by atoms with van der Waals surface area (Å²) in [5.74, 6) is 2.33. The minimum absolute atomic E-state index is 0.369. The van der Waals surface area contributed by atoms with Gasteiger partial charge in [0.25, 0.3) is 0 Å². The van der Waals surface area contributed by atoms with Crippen LogP contribution in [-0.4, -0.2) is 37.3 Å². The van der Waals surface area contributed by atoms with Crippen molar-refractivity contribution in [1.29, 1.82) is 0 Å². The van der Waals surface area contributed by atoms with Gasteiger partial charge in [0.2, 0.25) is 0 Å². The smallest absolute Gasteiger partial charge is 0.163 e. The van der Waals surface area contributed by atoms with Crippen LogP contribution < -0.4 is 0 Å². The fourth-order valence-corrected chi connectivity index (χ4v) is 1.99. The first-order valence-electron chi connectivity index (χ1n) is 5.60. The summed E-state index contributed by atoms with van der Waals surface area (Å²) in [6.45, 7) is 12.2. The number of hydrogen-bond donors (Lipinski definition) is 1. The molecule has 1 saturated heterocycles. The van der Waals surface area contributed by atoms with Crippen molar-refractivity contribution in [3.05, 3.63) is 0 Å². The van der Waals surface area contributed by atoms with Crippen LogP contribution in [0.25, 0.3) is 0 Å². The highest BCUT2D eigenvalue weighted by Gasteiger charge is 2.42. The standard InChI is InChI=1S/C12H22O3Si/c1-11(2)14-9-10(15-11)12(3,13)7-8-16(4,5)6/h10,13H,9H2,1-6H3/t10-,12-/m1/s1. The molecule has 0 unspecified atom stereocenters. The van der Waals surface area contributed by atoms with E-state index in [1.807, 2.05) is 13.8 Å². The number of ether oxygens (including phenoxy) is 2. The lowest BCUT2D eigenvalue weighted by molar-refractivity contribution is -0.157. The van der Waals surface area contributed by atoms with Gasteiger partial charge in [-0.15, -0.1) is 5.54 Å². The van der Waals surface area contributed by atoms with Crippen LogP contribution in [0.3, 0.4) is 0 Å². The van der Waals surface area contributed by atoms with Crippen molar-refractivity contribution in [2.45, 2.75) is 57.9 Å². The number of aliphatic hydroxyl groups is 1. The van der Waals surface area contributed by atoms with Crippen LogP contribution in [0.5, 0.6) is 0 Å². The molecule has 0 amide bonds. The van der Waals surface area contributed by atoms with Crippen LogP contribution in [0.1, 0.15) is 20.8 Å². The fourth-order valence-electron chi connectivity index (χ4n) is 1.36. The zero-order chi connectivity index (χ0) is 12.6. The molecule has 0 saturated carbocycles. The van der Waals surface area contributed by atoms with Crippen LogP contribution in [0.2, 0.25) is 19.6 Å². The second-order valence-electron chi connectivity index (χ2n) is 5.96. The molecule has 3 nitrogen and oxygen atoms in total. The third-order valence-electron chi connectivity index (χ3n) is 2.33. The molecule has 0 aromatic carbocycles. The van der Waals surface area contributed by atoms with E-state index < -0.39 is 19.5 Å². The lowest BCUT2D eigenvalue weighted by Crippen LogP contribution is -2.41. The molecule has 1 N–H and O–H groups in total. The minimum Gasteiger partial charge on any atom is -0.375 e. The maximum Gasteiger partial charge on any atom is 0.163 e. The minimum atomic E-state index is -1.47. The Hall–Kier alpha value is -0.343. The van der Waals surface area contributed by atoms with E-state index >= 15 is 0 Å². The predicted molar refractivity (Wildman–Crippen MR) is 66.6 cm³/mol. The van der Waals surface area contributed by atoms with Crippen LogP contribution in [0.15, 0.2) is 0 Å². The molecule has 4 heteroatoms. The zero-order valence-corrected chi connectivity index (χ0v) is 12.0. The van der Waals surface area contributed by atoms with Gasteiger partial charge in [0.05, 0.1) is 6.61 Å². The molecule has 1 aliphatic heterocycles. The average molecular weight is 242 g/mol. The van der Waals surface area contributed by atoms with Crippen molar-refractivity contribution in [3.8, 4) is 11.5 Å². The largest absolute Gasteiger partial charge is 0.375 e. The summed E-state index contributed by atoms with van der Waals surface area (Å²) in [5, 5.41) is 10.3. The van der Waals surface area contributed by atoms with E-state index in [2.05, 4.69) is 31.1 Å². The lowest BCUT2D eigenvalue weighted by atomic mass is 10.0. The fraction of sp³-hybridized carbons (Fsp3) is 0.833. The maximum absolute atomic E-state index is 10.3. The Kier molecular flexibility index (Phi) is 3.56. The molecule has 2 atom stereocenters. The summed E-state index contributed by atoms with van der Waals surface area (Å²) < 4.78 is 11.1. The third-order valence-corrected chi connectivity index (χ3v) is 3.20. The van der Waals surface area contributed by atoms with Crippen molar-refractivity contribution in [1.82, 2.24) is 0 Å². The van der Waals surface area contributed by atoms with Gasteiger partial charge in [0, 0.05) is 0 Å². The van der Waals surface area contributed by atoms with Crippen molar-refractivity contribution < 1.29 is 14.6 Å². The van der Waals surface area contributed by atoms with Crippen molar-refractivity contribution >= 4 is 8.07 Å². The van der Waals surface area contributed by atoms with Gasteiger partial charge in [-0.25, -0.2) is 0 Å². The average Bonchev–Trinajstić information content (AvgIpc) is 2.42. The quantitative estimate of drug-likeness (QED) is 0.562. The zero-order valence-electron chi connectivity index (χ0n) is 11.0. The highest BCUT2D eigenvalue weighted by atomic mass is 28.3. The molecule has 1 aliphatic rings. The molecule has 0 bridgehead atoms. The van der Waals surface area contributed by atoms with E-state index in [1.54, 1.807) is 6.92 Å². The second-order valence-corrected chi connectivity index (χ2v) is 10.7. The predicted octanol–water partition coefficient (Wildman–Crippen LogP) is 1.77. The van der Waals surface area contributed by atoms with E-state index in [0.29, 0.717) is 6.61 Å². The molecule has 16 heavy (non-hydrogen) atoms. The van der Waals surface area contributed by atoms with Gasteiger partial charge < -0.3 is 14.6 Å². The first-order chi connectivity index (χ1) is 7.02. The Morgan fingerprint density at radius 1 is 1.38 bits per heavy atom. The Morgan fingerprint density at radius 3 is 2.31 bits per heavy atom. The van der Waals surface area contributed by atoms with E-state index in [0.717, 1.165) is 0 Å². The monoisotopic (exact) mass is 242 g/mol. The molecule has 1 rings (SSSR count). The summed E-state index contributed by atoms with van der Waals surface area (Å²) in [4.78, 5) is 0. The number of rotatable bonds is 1. The van der Waals surface area contributed by atoms with Crippen LogP contribution in [0.4, 0.5) is 0 Å². The summed E-state index contributed by atoms with van der Waals surface area (Å²) in [7, 11) is -1.47. The molecule has 0 aliphatic carbocycles. The Morgan fingerprint density at radius 2 is 1.94 bits per heavy atom. The highest BCUT2D eigenvalue weighted by Crippen LogP contribution is 2.28.